The molecule has 1 unspecified atom stereocenters. The first-order valence-corrected chi connectivity index (χ1v) is 7.72. The van der Waals surface area contributed by atoms with Crippen LogP contribution < -0.4 is 10.2 Å². The van der Waals surface area contributed by atoms with Gasteiger partial charge in [0.15, 0.2) is 0 Å². The zero-order valence-electron chi connectivity index (χ0n) is 13.1. The van der Waals surface area contributed by atoms with Crippen molar-refractivity contribution in [1.29, 1.82) is 0 Å². The second kappa shape index (κ2) is 7.18. The molecule has 1 saturated heterocycles. The van der Waals surface area contributed by atoms with E-state index in [4.69, 9.17) is 0 Å². The quantitative estimate of drug-likeness (QED) is 0.871. The summed E-state index contributed by atoms with van der Waals surface area (Å²) in [7, 11) is 1.76. The van der Waals surface area contributed by atoms with Crippen LogP contribution in [0.2, 0.25) is 0 Å². The van der Waals surface area contributed by atoms with Crippen LogP contribution in [0.5, 0.6) is 0 Å². The van der Waals surface area contributed by atoms with Crippen LogP contribution in [-0.4, -0.2) is 44.2 Å². The molecule has 1 fully saturated rings. The average molecular weight is 297 g/mol. The molecule has 1 heterocycles. The van der Waals surface area contributed by atoms with E-state index in [9.17, 15) is 8.78 Å². The van der Waals surface area contributed by atoms with Crippen LogP contribution in [0, 0.1) is 11.6 Å². The van der Waals surface area contributed by atoms with E-state index in [2.05, 4.69) is 24.1 Å². The predicted octanol–water partition coefficient (Wildman–Crippen LogP) is 2.60. The molecule has 21 heavy (non-hydrogen) atoms. The summed E-state index contributed by atoms with van der Waals surface area (Å²) in [6.45, 7) is 8.07. The maximum Gasteiger partial charge on any atom is 0.149 e. The Bertz CT molecular complexity index is 452. The molecule has 2 rings (SSSR count). The van der Waals surface area contributed by atoms with Crippen molar-refractivity contribution in [2.75, 3.05) is 38.1 Å². The topological polar surface area (TPSA) is 18.5 Å². The van der Waals surface area contributed by atoms with E-state index in [1.165, 1.54) is 12.1 Å². The van der Waals surface area contributed by atoms with Gasteiger partial charge in [-0.3, -0.25) is 4.90 Å². The number of benzene rings is 1. The molecule has 1 aliphatic rings. The summed E-state index contributed by atoms with van der Waals surface area (Å²) in [6.07, 6.45) is 0.957. The van der Waals surface area contributed by atoms with Gasteiger partial charge in [0, 0.05) is 25.7 Å². The Hall–Kier alpha value is -1.20. The monoisotopic (exact) mass is 297 g/mol. The molecule has 5 heteroatoms. The van der Waals surface area contributed by atoms with Crippen LogP contribution in [0.3, 0.4) is 0 Å². The third kappa shape index (κ3) is 3.52. The minimum Gasteiger partial charge on any atom is -0.365 e. The Morgan fingerprint density at radius 3 is 2.38 bits per heavy atom. The van der Waals surface area contributed by atoms with Gasteiger partial charge in [0.1, 0.15) is 17.3 Å². The molecule has 1 N–H and O–H groups in total. The highest BCUT2D eigenvalue weighted by Crippen LogP contribution is 2.29. The van der Waals surface area contributed by atoms with E-state index in [0.717, 1.165) is 19.5 Å². The Morgan fingerprint density at radius 2 is 1.86 bits per heavy atom. The van der Waals surface area contributed by atoms with Crippen molar-refractivity contribution in [3.05, 3.63) is 29.3 Å². The summed E-state index contributed by atoms with van der Waals surface area (Å²) in [5.74, 6) is -0.916. The summed E-state index contributed by atoms with van der Waals surface area (Å²) in [5.41, 5.74) is 0.764. The minimum atomic E-state index is -0.458. The zero-order chi connectivity index (χ0) is 15.4. The van der Waals surface area contributed by atoms with Gasteiger partial charge in [-0.25, -0.2) is 8.78 Å². The fraction of sp³-hybridized carbons (Fsp3) is 0.625. The molecule has 3 nitrogen and oxygen atoms in total. The largest absolute Gasteiger partial charge is 0.365 e. The van der Waals surface area contributed by atoms with Gasteiger partial charge in [-0.2, -0.15) is 0 Å². The first kappa shape index (κ1) is 16.2. The molecular weight excluding hydrogens is 272 g/mol. The van der Waals surface area contributed by atoms with Crippen molar-refractivity contribution in [3.63, 3.8) is 0 Å². The van der Waals surface area contributed by atoms with Gasteiger partial charge >= 0.3 is 0 Å². The molecule has 0 radical (unpaired) electrons. The van der Waals surface area contributed by atoms with Crippen molar-refractivity contribution < 1.29 is 8.78 Å². The van der Waals surface area contributed by atoms with Gasteiger partial charge in [-0.15, -0.1) is 0 Å². The summed E-state index contributed by atoms with van der Waals surface area (Å²) < 4.78 is 28.5. The summed E-state index contributed by atoms with van der Waals surface area (Å²) in [4.78, 5) is 4.20. The number of nitrogens with one attached hydrogen (secondary N) is 1. The van der Waals surface area contributed by atoms with E-state index in [0.29, 0.717) is 31.2 Å². The van der Waals surface area contributed by atoms with Crippen molar-refractivity contribution in [3.8, 4) is 0 Å². The molecular formula is C16H25F2N3. The van der Waals surface area contributed by atoms with Gasteiger partial charge in [0.05, 0.1) is 0 Å². The number of anilines is 1. The molecule has 0 aliphatic carbocycles. The van der Waals surface area contributed by atoms with Crippen LogP contribution in [0.4, 0.5) is 14.5 Å². The van der Waals surface area contributed by atoms with E-state index in [1.807, 2.05) is 4.90 Å². The van der Waals surface area contributed by atoms with E-state index in [1.54, 1.807) is 7.05 Å². The molecule has 1 aliphatic heterocycles. The highest BCUT2D eigenvalue weighted by molar-refractivity contribution is 5.51. The lowest BCUT2D eigenvalue weighted by molar-refractivity contribution is 0.232. The second-order valence-corrected chi connectivity index (χ2v) is 5.55. The first-order chi connectivity index (χ1) is 10.1. The molecule has 1 aromatic carbocycles. The van der Waals surface area contributed by atoms with E-state index < -0.39 is 11.6 Å². The minimum absolute atomic E-state index is 0.129. The Labute approximate surface area is 125 Å². The highest BCUT2D eigenvalue weighted by Gasteiger charge is 2.29. The zero-order valence-corrected chi connectivity index (χ0v) is 13.1. The lowest BCUT2D eigenvalue weighted by Gasteiger charge is -2.27. The van der Waals surface area contributed by atoms with Crippen LogP contribution in [-0.2, 0) is 6.54 Å². The number of hydrogen-bond acceptors (Lipinski definition) is 3. The summed E-state index contributed by atoms with van der Waals surface area (Å²) in [6, 6.07) is 3.25. The fourth-order valence-electron chi connectivity index (χ4n) is 3.21. The van der Waals surface area contributed by atoms with Crippen LogP contribution in [0.25, 0.3) is 0 Å². The Balaban J connectivity index is 2.16. The molecule has 0 aromatic heterocycles. The SMILES string of the molecule is CCN(CC)C1CCN(c2c(F)cc(CNC)cc2F)C1. The second-order valence-electron chi connectivity index (χ2n) is 5.55. The van der Waals surface area contributed by atoms with Gasteiger partial charge in [-0.1, -0.05) is 13.8 Å². The molecule has 1 atom stereocenters. The highest BCUT2D eigenvalue weighted by atomic mass is 19.1. The van der Waals surface area contributed by atoms with Crippen molar-refractivity contribution in [2.45, 2.75) is 32.9 Å². The lowest BCUT2D eigenvalue weighted by atomic mass is 10.1. The van der Waals surface area contributed by atoms with Crippen LogP contribution >= 0.6 is 0 Å². The number of halogens is 2. The maximum absolute atomic E-state index is 14.3. The van der Waals surface area contributed by atoms with Crippen LogP contribution in [0.1, 0.15) is 25.8 Å². The predicted molar refractivity (Wildman–Crippen MR) is 82.7 cm³/mol. The number of likely N-dealkylation sites (N-methyl/N-ethyl adjacent to an activating group) is 1. The first-order valence-electron chi connectivity index (χ1n) is 7.72. The van der Waals surface area contributed by atoms with Crippen molar-refractivity contribution in [2.24, 2.45) is 0 Å². The molecule has 0 amide bonds. The summed E-state index contributed by atoms with van der Waals surface area (Å²) in [5, 5.41) is 2.91. The smallest absolute Gasteiger partial charge is 0.149 e. The fourth-order valence-corrected chi connectivity index (χ4v) is 3.21. The van der Waals surface area contributed by atoms with E-state index in [-0.39, 0.29) is 5.69 Å². The standard InChI is InChI=1S/C16H25F2N3/c1-4-20(5-2)13-6-7-21(11-13)16-14(17)8-12(10-19-3)9-15(16)18/h8-9,13,19H,4-7,10-11H2,1-3H3. The maximum atomic E-state index is 14.3. The molecule has 0 spiro atoms. The summed E-state index contributed by atoms with van der Waals surface area (Å²) >= 11 is 0. The van der Waals surface area contributed by atoms with Crippen LogP contribution in [0.15, 0.2) is 12.1 Å². The normalized spacial score (nSPS) is 18.8. The van der Waals surface area contributed by atoms with Gasteiger partial charge in [0.25, 0.3) is 0 Å². The molecule has 118 valence electrons. The number of nitrogens with zero attached hydrogens (tertiary/aromatic N) is 2. The number of hydrogen-bond donors (Lipinski definition) is 1. The molecule has 1 aromatic rings. The lowest BCUT2D eigenvalue weighted by Crippen LogP contribution is -2.37. The van der Waals surface area contributed by atoms with Gasteiger partial charge in [-0.05, 0) is 44.3 Å². The van der Waals surface area contributed by atoms with Crippen molar-refractivity contribution >= 4 is 5.69 Å². The number of rotatable bonds is 6. The Kier molecular flexibility index (Phi) is 5.53. The molecule has 0 saturated carbocycles. The molecule has 0 bridgehead atoms. The van der Waals surface area contributed by atoms with Crippen molar-refractivity contribution in [1.82, 2.24) is 10.2 Å². The van der Waals surface area contributed by atoms with Gasteiger partial charge in [0.2, 0.25) is 0 Å². The third-order valence-corrected chi connectivity index (χ3v) is 4.27. The third-order valence-electron chi connectivity index (χ3n) is 4.27. The van der Waals surface area contributed by atoms with E-state index >= 15 is 0 Å². The Morgan fingerprint density at radius 1 is 1.24 bits per heavy atom. The average Bonchev–Trinajstić information content (AvgIpc) is 2.89. The van der Waals surface area contributed by atoms with Gasteiger partial charge < -0.3 is 10.2 Å².